The number of rotatable bonds is 7. The van der Waals surface area contributed by atoms with Gasteiger partial charge in [-0.05, 0) is 12.8 Å². The molecule has 0 aromatic rings. The highest BCUT2D eigenvalue weighted by Crippen LogP contribution is 2.34. The van der Waals surface area contributed by atoms with Crippen molar-refractivity contribution >= 4 is 5.97 Å². The van der Waals surface area contributed by atoms with Gasteiger partial charge in [0.1, 0.15) is 17.8 Å². The van der Waals surface area contributed by atoms with Gasteiger partial charge in [0.2, 0.25) is 0 Å². The normalized spacial score (nSPS) is 22.3. The highest BCUT2D eigenvalue weighted by atomic mass is 16.4. The first-order chi connectivity index (χ1) is 7.71. The van der Waals surface area contributed by atoms with Crippen LogP contribution in [0.25, 0.3) is 0 Å². The van der Waals surface area contributed by atoms with Crippen molar-refractivity contribution < 1.29 is 35.4 Å². The molecule has 0 aliphatic heterocycles. The topological polar surface area (TPSA) is 138 Å². The molecule has 0 amide bonds. The van der Waals surface area contributed by atoms with E-state index in [1.54, 1.807) is 0 Å². The summed E-state index contributed by atoms with van der Waals surface area (Å²) in [5, 5.41) is 56.6. The molecular formula is C10H20O7. The number of carboxylic acid groups (broad SMARTS) is 1. The standard InChI is InChI=1S/C10H20O7/c1-3-9(16,7(13)6(12)5-11)10(17,4-2)8(14)15/h6-7,11-13,16-17H,3-5H2,1-2H3,(H,14,15)/t6-,7-,9+,10+/m1/s1. The number of aliphatic hydroxyl groups is 5. The Kier molecular flexibility index (Phi) is 5.50. The molecule has 0 saturated carbocycles. The molecule has 0 radical (unpaired) electrons. The van der Waals surface area contributed by atoms with E-state index in [4.69, 9.17) is 10.2 Å². The van der Waals surface area contributed by atoms with Gasteiger partial charge in [-0.3, -0.25) is 0 Å². The fraction of sp³-hybridized carbons (Fsp3) is 0.900. The lowest BCUT2D eigenvalue weighted by Gasteiger charge is -2.43. The van der Waals surface area contributed by atoms with Crippen LogP contribution in [-0.4, -0.2) is 66.6 Å². The summed E-state index contributed by atoms with van der Waals surface area (Å²) in [6.45, 7) is 1.83. The maximum atomic E-state index is 11.0. The van der Waals surface area contributed by atoms with E-state index >= 15 is 0 Å². The second-order valence-corrected chi connectivity index (χ2v) is 3.99. The van der Waals surface area contributed by atoms with E-state index in [9.17, 15) is 25.2 Å². The Hall–Kier alpha value is -0.730. The first kappa shape index (κ1) is 16.3. The maximum absolute atomic E-state index is 11.0. The first-order valence-corrected chi connectivity index (χ1v) is 5.36. The molecule has 0 unspecified atom stereocenters. The van der Waals surface area contributed by atoms with Crippen LogP contribution in [-0.2, 0) is 4.79 Å². The van der Waals surface area contributed by atoms with Crippen LogP contribution in [0.4, 0.5) is 0 Å². The Bertz CT molecular complexity index is 269. The monoisotopic (exact) mass is 252 g/mol. The van der Waals surface area contributed by atoms with Gasteiger partial charge in [-0.25, -0.2) is 4.79 Å². The summed E-state index contributed by atoms with van der Waals surface area (Å²) in [5.41, 5.74) is -5.05. The second kappa shape index (κ2) is 5.74. The summed E-state index contributed by atoms with van der Waals surface area (Å²) >= 11 is 0. The van der Waals surface area contributed by atoms with Gasteiger partial charge in [-0.1, -0.05) is 13.8 Å². The summed E-state index contributed by atoms with van der Waals surface area (Å²) < 4.78 is 0. The van der Waals surface area contributed by atoms with E-state index in [-0.39, 0.29) is 12.8 Å². The Morgan fingerprint density at radius 1 is 1.18 bits per heavy atom. The minimum absolute atomic E-state index is 0.304. The molecule has 0 fully saturated rings. The highest BCUT2D eigenvalue weighted by molar-refractivity contribution is 5.79. The van der Waals surface area contributed by atoms with Crippen LogP contribution >= 0.6 is 0 Å². The summed E-state index contributed by atoms with van der Waals surface area (Å²) in [4.78, 5) is 11.0. The van der Waals surface area contributed by atoms with Crippen molar-refractivity contribution in [2.75, 3.05) is 6.61 Å². The van der Waals surface area contributed by atoms with Gasteiger partial charge in [0.05, 0.1) is 6.61 Å². The molecule has 7 nitrogen and oxygen atoms in total. The van der Waals surface area contributed by atoms with Crippen LogP contribution in [0, 0.1) is 0 Å². The lowest BCUT2D eigenvalue weighted by molar-refractivity contribution is -0.235. The van der Waals surface area contributed by atoms with E-state index < -0.39 is 36.0 Å². The number of hydrogen-bond acceptors (Lipinski definition) is 6. The lowest BCUT2D eigenvalue weighted by Crippen LogP contribution is -2.67. The maximum Gasteiger partial charge on any atom is 0.338 e. The molecule has 6 N–H and O–H groups in total. The van der Waals surface area contributed by atoms with Crippen molar-refractivity contribution in [3.8, 4) is 0 Å². The SMILES string of the molecule is CC[C@](O)(C(=O)O)[C@](O)(CC)[C@H](O)[C@H](O)CO. The van der Waals surface area contributed by atoms with Crippen LogP contribution in [0.1, 0.15) is 26.7 Å². The molecule has 0 aromatic heterocycles. The minimum Gasteiger partial charge on any atom is -0.479 e. The molecule has 102 valence electrons. The van der Waals surface area contributed by atoms with E-state index in [1.807, 2.05) is 0 Å². The molecule has 0 rings (SSSR count). The van der Waals surface area contributed by atoms with Gasteiger partial charge in [-0.15, -0.1) is 0 Å². The van der Waals surface area contributed by atoms with Crippen molar-refractivity contribution in [1.29, 1.82) is 0 Å². The molecular weight excluding hydrogens is 232 g/mol. The molecule has 0 heterocycles. The third-order valence-electron chi connectivity index (χ3n) is 3.16. The molecule has 0 spiro atoms. The molecule has 0 bridgehead atoms. The zero-order chi connectivity index (χ0) is 13.9. The first-order valence-electron chi connectivity index (χ1n) is 5.36. The van der Waals surface area contributed by atoms with Crippen molar-refractivity contribution in [2.24, 2.45) is 0 Å². The van der Waals surface area contributed by atoms with Crippen molar-refractivity contribution in [1.82, 2.24) is 0 Å². The zero-order valence-electron chi connectivity index (χ0n) is 9.87. The molecule has 0 aliphatic rings. The number of aliphatic hydroxyl groups excluding tert-OH is 3. The van der Waals surface area contributed by atoms with Crippen LogP contribution in [0.2, 0.25) is 0 Å². The predicted octanol–water partition coefficient (Wildman–Crippen LogP) is -1.93. The summed E-state index contributed by atoms with van der Waals surface area (Å²) in [5.74, 6) is -1.70. The number of aliphatic carboxylic acids is 1. The fourth-order valence-corrected chi connectivity index (χ4v) is 1.81. The average molecular weight is 252 g/mol. The van der Waals surface area contributed by atoms with E-state index in [0.29, 0.717) is 0 Å². The molecule has 0 saturated heterocycles. The van der Waals surface area contributed by atoms with Gasteiger partial charge in [0.25, 0.3) is 0 Å². The van der Waals surface area contributed by atoms with Crippen LogP contribution in [0.15, 0.2) is 0 Å². The van der Waals surface area contributed by atoms with Crippen molar-refractivity contribution in [3.63, 3.8) is 0 Å². The Labute approximate surface area is 99.0 Å². The summed E-state index contributed by atoms with van der Waals surface area (Å²) in [7, 11) is 0. The third-order valence-corrected chi connectivity index (χ3v) is 3.16. The number of carboxylic acids is 1. The van der Waals surface area contributed by atoms with Gasteiger partial charge in [0, 0.05) is 0 Å². The quantitative estimate of drug-likeness (QED) is 0.310. The van der Waals surface area contributed by atoms with Gasteiger partial charge >= 0.3 is 5.97 Å². The molecule has 0 aromatic carbocycles. The van der Waals surface area contributed by atoms with Crippen LogP contribution in [0.3, 0.4) is 0 Å². The highest BCUT2D eigenvalue weighted by Gasteiger charge is 2.58. The molecule has 4 atom stereocenters. The Balaban J connectivity index is 5.46. The number of hydrogen-bond donors (Lipinski definition) is 6. The summed E-state index contributed by atoms with van der Waals surface area (Å²) in [6.07, 6.45) is -4.38. The summed E-state index contributed by atoms with van der Waals surface area (Å²) in [6, 6.07) is 0. The average Bonchev–Trinajstić information content (AvgIpc) is 2.34. The Morgan fingerprint density at radius 3 is 1.88 bits per heavy atom. The Morgan fingerprint density at radius 2 is 1.65 bits per heavy atom. The number of carbonyl (C=O) groups is 1. The second-order valence-electron chi connectivity index (χ2n) is 3.99. The predicted molar refractivity (Wildman–Crippen MR) is 57.2 cm³/mol. The molecule has 0 aliphatic carbocycles. The van der Waals surface area contributed by atoms with Crippen LogP contribution < -0.4 is 0 Å². The minimum atomic E-state index is -2.60. The lowest BCUT2D eigenvalue weighted by atomic mass is 9.73. The molecule has 17 heavy (non-hydrogen) atoms. The zero-order valence-corrected chi connectivity index (χ0v) is 9.87. The van der Waals surface area contributed by atoms with E-state index in [0.717, 1.165) is 0 Å². The van der Waals surface area contributed by atoms with E-state index in [1.165, 1.54) is 13.8 Å². The van der Waals surface area contributed by atoms with Gasteiger partial charge in [0.15, 0.2) is 5.60 Å². The smallest absolute Gasteiger partial charge is 0.338 e. The van der Waals surface area contributed by atoms with Gasteiger partial charge in [-0.2, -0.15) is 0 Å². The van der Waals surface area contributed by atoms with Crippen molar-refractivity contribution in [2.45, 2.75) is 50.1 Å². The van der Waals surface area contributed by atoms with E-state index in [2.05, 4.69) is 0 Å². The van der Waals surface area contributed by atoms with Gasteiger partial charge < -0.3 is 30.6 Å². The third kappa shape index (κ3) is 2.58. The fourth-order valence-electron chi connectivity index (χ4n) is 1.81. The van der Waals surface area contributed by atoms with Crippen LogP contribution in [0.5, 0.6) is 0 Å². The van der Waals surface area contributed by atoms with Crippen molar-refractivity contribution in [3.05, 3.63) is 0 Å². The largest absolute Gasteiger partial charge is 0.479 e. The molecule has 7 heteroatoms.